The molecule has 29 heavy (non-hydrogen) atoms. The lowest BCUT2D eigenvalue weighted by Crippen LogP contribution is -2.29. The van der Waals surface area contributed by atoms with Crippen LogP contribution in [-0.2, 0) is 0 Å². The Morgan fingerprint density at radius 2 is 1.59 bits per heavy atom. The number of rotatable bonds is 2. The number of fused-ring (bicyclic) bond motifs is 3. The van der Waals surface area contributed by atoms with Gasteiger partial charge >= 0.3 is 0 Å². The number of aliphatic imine (C=N–C) groups is 1. The lowest BCUT2D eigenvalue weighted by molar-refractivity contribution is 0.325. The second kappa shape index (κ2) is 6.60. The van der Waals surface area contributed by atoms with Crippen LogP contribution in [0.3, 0.4) is 0 Å². The molecule has 4 heteroatoms. The van der Waals surface area contributed by atoms with Crippen molar-refractivity contribution in [1.82, 2.24) is 9.88 Å². The zero-order valence-corrected chi connectivity index (χ0v) is 17.0. The smallest absolute Gasteiger partial charge is 0.160 e. The molecule has 6 rings (SSSR count). The average Bonchev–Trinajstić information content (AvgIpc) is 3.29. The van der Waals surface area contributed by atoms with Gasteiger partial charge in [-0.05, 0) is 45.3 Å². The maximum Gasteiger partial charge on any atom is 0.160 e. The van der Waals surface area contributed by atoms with E-state index in [-0.39, 0.29) is 12.1 Å². The van der Waals surface area contributed by atoms with Gasteiger partial charge in [-0.1, -0.05) is 73.3 Å². The Labute approximate surface area is 174 Å². The van der Waals surface area contributed by atoms with Gasteiger partial charge < -0.3 is 4.90 Å². The molecule has 1 fully saturated rings. The number of hydrogen-bond acceptors (Lipinski definition) is 4. The standard InChI is InChI=1S/C25H21N3S/c1-16-15-28-24(23(27-25(28)29-16)21-12-6-7-13-26-21)22-19-10-4-2-8-17(19)14-18-9-3-5-11-20(18)22/h2-14,16,23-24H,15H2,1H3/t16-,23-,24-/m0/s1. The molecule has 3 nitrogen and oxygen atoms in total. The fourth-order valence-electron chi connectivity index (χ4n) is 4.80. The number of pyridine rings is 1. The summed E-state index contributed by atoms with van der Waals surface area (Å²) in [6.45, 7) is 3.31. The van der Waals surface area contributed by atoms with Crippen molar-refractivity contribution in [3.63, 3.8) is 0 Å². The highest BCUT2D eigenvalue weighted by atomic mass is 32.2. The van der Waals surface area contributed by atoms with E-state index in [1.54, 1.807) is 0 Å². The predicted octanol–water partition coefficient (Wildman–Crippen LogP) is 5.98. The molecule has 0 amide bonds. The number of thioether (sulfide) groups is 1. The van der Waals surface area contributed by atoms with E-state index < -0.39 is 0 Å². The largest absolute Gasteiger partial charge is 0.341 e. The van der Waals surface area contributed by atoms with Gasteiger partial charge in [-0.3, -0.25) is 9.98 Å². The predicted molar refractivity (Wildman–Crippen MR) is 122 cm³/mol. The summed E-state index contributed by atoms with van der Waals surface area (Å²) < 4.78 is 0. The molecule has 3 atom stereocenters. The topological polar surface area (TPSA) is 28.5 Å². The third kappa shape index (κ3) is 2.66. The van der Waals surface area contributed by atoms with Gasteiger partial charge in [-0.25, -0.2) is 0 Å². The Balaban J connectivity index is 1.65. The number of benzene rings is 3. The summed E-state index contributed by atoms with van der Waals surface area (Å²) in [6, 6.07) is 26.2. The fourth-order valence-corrected chi connectivity index (χ4v) is 5.89. The van der Waals surface area contributed by atoms with Crippen LogP contribution in [0.5, 0.6) is 0 Å². The van der Waals surface area contributed by atoms with Crippen molar-refractivity contribution in [2.75, 3.05) is 6.54 Å². The Morgan fingerprint density at radius 1 is 0.897 bits per heavy atom. The SMILES string of the molecule is C[C@H]1CN2C(=N[C@@H](c3ccccn3)[C@@H]2c2c3ccccc3cc3ccccc23)S1. The molecule has 0 saturated carbocycles. The molecule has 2 aliphatic rings. The monoisotopic (exact) mass is 395 g/mol. The minimum absolute atomic E-state index is 0.0143. The highest BCUT2D eigenvalue weighted by molar-refractivity contribution is 8.14. The Kier molecular flexibility index (Phi) is 3.88. The molecule has 0 aliphatic carbocycles. The van der Waals surface area contributed by atoms with Crippen LogP contribution >= 0.6 is 11.8 Å². The van der Waals surface area contributed by atoms with Gasteiger partial charge in [0, 0.05) is 18.0 Å². The first-order chi connectivity index (χ1) is 14.3. The van der Waals surface area contributed by atoms with E-state index in [0.29, 0.717) is 5.25 Å². The third-order valence-electron chi connectivity index (χ3n) is 5.99. The van der Waals surface area contributed by atoms with Crippen LogP contribution in [-0.4, -0.2) is 26.8 Å². The maximum atomic E-state index is 5.19. The average molecular weight is 396 g/mol. The van der Waals surface area contributed by atoms with Gasteiger partial charge in [0.05, 0.1) is 11.7 Å². The van der Waals surface area contributed by atoms with E-state index in [9.17, 15) is 0 Å². The molecule has 2 aliphatic heterocycles. The lowest BCUT2D eigenvalue weighted by atomic mass is 9.87. The van der Waals surface area contributed by atoms with Crippen molar-refractivity contribution in [2.45, 2.75) is 24.3 Å². The molecule has 142 valence electrons. The number of hydrogen-bond donors (Lipinski definition) is 0. The quantitative estimate of drug-likeness (QED) is 0.391. The van der Waals surface area contributed by atoms with Gasteiger partial charge in [0.25, 0.3) is 0 Å². The highest BCUT2D eigenvalue weighted by Gasteiger charge is 2.44. The van der Waals surface area contributed by atoms with Gasteiger partial charge in [0.1, 0.15) is 6.04 Å². The van der Waals surface area contributed by atoms with Gasteiger partial charge in [0.15, 0.2) is 5.17 Å². The molecular formula is C25H21N3S. The molecular weight excluding hydrogens is 374 g/mol. The van der Waals surface area contributed by atoms with Gasteiger partial charge in [-0.2, -0.15) is 0 Å². The second-order valence-electron chi connectivity index (χ2n) is 7.87. The zero-order chi connectivity index (χ0) is 19.4. The molecule has 3 aromatic carbocycles. The maximum absolute atomic E-state index is 5.19. The van der Waals surface area contributed by atoms with Crippen molar-refractivity contribution in [2.24, 2.45) is 4.99 Å². The van der Waals surface area contributed by atoms with Gasteiger partial charge in [-0.15, -0.1) is 0 Å². The molecule has 0 N–H and O–H groups in total. The summed E-state index contributed by atoms with van der Waals surface area (Å²) in [7, 11) is 0. The third-order valence-corrected chi connectivity index (χ3v) is 7.09. The minimum atomic E-state index is 0.0143. The number of nitrogens with zero attached hydrogens (tertiary/aromatic N) is 3. The fraction of sp³-hybridized carbons (Fsp3) is 0.200. The lowest BCUT2D eigenvalue weighted by Gasteiger charge is -2.29. The van der Waals surface area contributed by atoms with Gasteiger partial charge in [0.2, 0.25) is 0 Å². The number of aromatic nitrogens is 1. The van der Waals surface area contributed by atoms with Crippen molar-refractivity contribution in [3.05, 3.63) is 90.3 Å². The highest BCUT2D eigenvalue weighted by Crippen LogP contribution is 2.50. The van der Waals surface area contributed by atoms with Crippen molar-refractivity contribution >= 4 is 38.5 Å². The summed E-state index contributed by atoms with van der Waals surface area (Å²) in [5, 5.41) is 6.93. The van der Waals surface area contributed by atoms with E-state index in [1.165, 1.54) is 27.1 Å². The van der Waals surface area contributed by atoms with Crippen molar-refractivity contribution in [3.8, 4) is 0 Å². The van der Waals surface area contributed by atoms with E-state index in [0.717, 1.165) is 17.4 Å². The van der Waals surface area contributed by atoms with Crippen LogP contribution in [0.15, 0.2) is 84.0 Å². The first-order valence-corrected chi connectivity index (χ1v) is 11.0. The summed E-state index contributed by atoms with van der Waals surface area (Å²) in [6.07, 6.45) is 1.88. The molecule has 0 bridgehead atoms. The second-order valence-corrected chi connectivity index (χ2v) is 9.27. The molecule has 4 aromatic rings. The van der Waals surface area contributed by atoms with Crippen molar-refractivity contribution in [1.29, 1.82) is 0 Å². The molecule has 1 aromatic heterocycles. The number of amidine groups is 1. The first kappa shape index (κ1) is 17.0. The molecule has 3 heterocycles. The Bertz CT molecular complexity index is 1200. The van der Waals surface area contributed by atoms with Crippen LogP contribution in [0.1, 0.15) is 30.3 Å². The first-order valence-electron chi connectivity index (χ1n) is 10.1. The van der Waals surface area contributed by atoms with Crippen molar-refractivity contribution < 1.29 is 0 Å². The van der Waals surface area contributed by atoms with E-state index in [1.807, 2.05) is 24.0 Å². The molecule has 0 radical (unpaired) electrons. The normalized spacial score (nSPS) is 23.6. The Hall–Kier alpha value is -2.85. The van der Waals surface area contributed by atoms with Crippen LogP contribution in [0, 0.1) is 0 Å². The van der Waals surface area contributed by atoms with Crippen LogP contribution in [0.25, 0.3) is 21.5 Å². The van der Waals surface area contributed by atoms with Crippen LogP contribution in [0.4, 0.5) is 0 Å². The molecule has 1 saturated heterocycles. The molecule has 0 unspecified atom stereocenters. The zero-order valence-electron chi connectivity index (χ0n) is 16.2. The van der Waals surface area contributed by atoms with E-state index in [4.69, 9.17) is 9.98 Å². The van der Waals surface area contributed by atoms with E-state index >= 15 is 0 Å². The van der Waals surface area contributed by atoms with E-state index in [2.05, 4.69) is 78.6 Å². The molecule has 0 spiro atoms. The summed E-state index contributed by atoms with van der Waals surface area (Å²) in [5.41, 5.74) is 2.42. The summed E-state index contributed by atoms with van der Waals surface area (Å²) in [4.78, 5) is 12.4. The summed E-state index contributed by atoms with van der Waals surface area (Å²) in [5.74, 6) is 0. The van der Waals surface area contributed by atoms with Crippen LogP contribution < -0.4 is 0 Å². The summed E-state index contributed by atoms with van der Waals surface area (Å²) >= 11 is 1.89. The van der Waals surface area contributed by atoms with Crippen LogP contribution in [0.2, 0.25) is 0 Å². The minimum Gasteiger partial charge on any atom is -0.341 e. The Morgan fingerprint density at radius 3 is 2.28 bits per heavy atom.